The largest absolute Gasteiger partial charge is 0.477 e. The second kappa shape index (κ2) is 8.06. The molecule has 2 aromatic rings. The van der Waals surface area contributed by atoms with E-state index in [4.69, 9.17) is 0 Å². The molecule has 2 atom stereocenters. The maximum atomic E-state index is 15.2. The van der Waals surface area contributed by atoms with Crippen LogP contribution < -0.4 is 15.6 Å². The van der Waals surface area contributed by atoms with E-state index < -0.39 is 51.1 Å². The van der Waals surface area contributed by atoms with Crippen molar-refractivity contribution in [1.82, 2.24) is 9.88 Å². The number of carbonyl (C=O) groups is 1. The summed E-state index contributed by atoms with van der Waals surface area (Å²) in [5, 5.41) is 12.1. The smallest absolute Gasteiger partial charge is 0.420 e. The molecular formula is C22H25F4N3O3. The summed E-state index contributed by atoms with van der Waals surface area (Å²) in [5.74, 6) is -2.67. The van der Waals surface area contributed by atoms with E-state index in [1.807, 2.05) is 13.8 Å². The van der Waals surface area contributed by atoms with Gasteiger partial charge < -0.3 is 19.9 Å². The summed E-state index contributed by atoms with van der Waals surface area (Å²) < 4.78 is 59.7. The van der Waals surface area contributed by atoms with Crippen molar-refractivity contribution in [1.29, 1.82) is 0 Å². The number of anilines is 1. The van der Waals surface area contributed by atoms with Crippen LogP contribution in [-0.2, 0) is 6.18 Å². The molecule has 1 aliphatic carbocycles. The van der Waals surface area contributed by atoms with E-state index in [1.54, 1.807) is 0 Å². The van der Waals surface area contributed by atoms with Crippen LogP contribution in [-0.4, -0.2) is 41.3 Å². The highest BCUT2D eigenvalue weighted by Crippen LogP contribution is 2.46. The summed E-state index contributed by atoms with van der Waals surface area (Å²) in [4.78, 5) is 25.6. The first-order valence-corrected chi connectivity index (χ1v) is 10.7. The minimum Gasteiger partial charge on any atom is -0.477 e. The molecule has 2 heterocycles. The van der Waals surface area contributed by atoms with Gasteiger partial charge >= 0.3 is 12.1 Å². The molecule has 1 aliphatic heterocycles. The van der Waals surface area contributed by atoms with Crippen LogP contribution in [0.15, 0.2) is 17.1 Å². The molecule has 0 amide bonds. The highest BCUT2D eigenvalue weighted by Gasteiger charge is 2.43. The Balaban J connectivity index is 1.96. The van der Waals surface area contributed by atoms with Crippen LogP contribution in [0.4, 0.5) is 23.2 Å². The molecule has 10 heteroatoms. The number of halogens is 4. The number of nitrogens with zero attached hydrogens (tertiary/aromatic N) is 2. The minimum absolute atomic E-state index is 0.0474. The average Bonchev–Trinajstić information content (AvgIpc) is 3.43. The van der Waals surface area contributed by atoms with Crippen molar-refractivity contribution in [2.45, 2.75) is 51.4 Å². The standard InChI is InChI=1S/C22H25F4N3O3/c1-3-27-11(2)12-6-7-28(9-12)19-16(23)8-14-18(17(19)22(24,25)26)29(13-4-5-13)10-15(20(14)30)21(31)32/h8,10-13,27H,3-7,9H2,1-2H3,(H,31,32)/t11-,12+/m0/s1. The Kier molecular flexibility index (Phi) is 5.68. The van der Waals surface area contributed by atoms with Crippen LogP contribution in [0.5, 0.6) is 0 Å². The van der Waals surface area contributed by atoms with Crippen molar-refractivity contribution in [3.8, 4) is 0 Å². The molecule has 1 saturated carbocycles. The Bertz CT molecular complexity index is 1120. The van der Waals surface area contributed by atoms with Crippen molar-refractivity contribution in [2.24, 2.45) is 5.92 Å². The minimum atomic E-state index is -4.94. The van der Waals surface area contributed by atoms with E-state index >= 15 is 4.39 Å². The monoisotopic (exact) mass is 455 g/mol. The quantitative estimate of drug-likeness (QED) is 0.644. The molecule has 4 rings (SSSR count). The van der Waals surface area contributed by atoms with Crippen LogP contribution in [0.2, 0.25) is 0 Å². The second-order valence-electron chi connectivity index (χ2n) is 8.63. The lowest BCUT2D eigenvalue weighted by Gasteiger charge is -2.27. The van der Waals surface area contributed by atoms with Gasteiger partial charge in [-0.2, -0.15) is 13.2 Å². The van der Waals surface area contributed by atoms with E-state index in [-0.39, 0.29) is 31.1 Å². The summed E-state index contributed by atoms with van der Waals surface area (Å²) in [6, 6.07) is 0.482. The lowest BCUT2D eigenvalue weighted by molar-refractivity contribution is -0.136. The predicted octanol–water partition coefficient (Wildman–Crippen LogP) is 4.02. The van der Waals surface area contributed by atoms with Crippen LogP contribution in [0.3, 0.4) is 0 Å². The van der Waals surface area contributed by atoms with Crippen molar-refractivity contribution >= 4 is 22.6 Å². The fraction of sp³-hybridized carbons (Fsp3) is 0.545. The number of fused-ring (bicyclic) bond motifs is 1. The maximum absolute atomic E-state index is 15.2. The summed E-state index contributed by atoms with van der Waals surface area (Å²) >= 11 is 0. The number of nitrogens with one attached hydrogen (secondary N) is 1. The van der Waals surface area contributed by atoms with Gasteiger partial charge in [0.15, 0.2) is 0 Å². The molecule has 0 spiro atoms. The zero-order chi connectivity index (χ0) is 23.4. The number of hydrogen-bond acceptors (Lipinski definition) is 4. The van der Waals surface area contributed by atoms with Gasteiger partial charge in [0, 0.05) is 31.4 Å². The summed E-state index contributed by atoms with van der Waals surface area (Å²) in [6.45, 7) is 5.12. The zero-order valence-electron chi connectivity index (χ0n) is 17.8. The number of aromatic nitrogens is 1. The Labute approximate surface area is 181 Å². The van der Waals surface area contributed by atoms with Crippen molar-refractivity contribution in [3.63, 3.8) is 0 Å². The number of carboxylic acid groups (broad SMARTS) is 1. The van der Waals surface area contributed by atoms with Crippen molar-refractivity contribution < 1.29 is 27.5 Å². The zero-order valence-corrected chi connectivity index (χ0v) is 17.8. The molecule has 6 nitrogen and oxygen atoms in total. The highest BCUT2D eigenvalue weighted by molar-refractivity contribution is 5.95. The van der Waals surface area contributed by atoms with E-state index in [0.717, 1.165) is 18.8 Å². The fourth-order valence-corrected chi connectivity index (χ4v) is 4.74. The van der Waals surface area contributed by atoms with Crippen LogP contribution >= 0.6 is 0 Å². The van der Waals surface area contributed by atoms with Crippen molar-refractivity contribution in [2.75, 3.05) is 24.5 Å². The normalized spacial score (nSPS) is 20.2. The SMILES string of the molecule is CCN[C@@H](C)[C@@H]1CCN(c2c(F)cc3c(=O)c(C(=O)O)cn(C4CC4)c3c2C(F)(F)F)C1. The van der Waals surface area contributed by atoms with E-state index in [0.29, 0.717) is 19.3 Å². The molecule has 0 unspecified atom stereocenters. The average molecular weight is 455 g/mol. The van der Waals surface area contributed by atoms with Crippen LogP contribution in [0.25, 0.3) is 10.9 Å². The maximum Gasteiger partial charge on any atom is 0.420 e. The third-order valence-corrected chi connectivity index (χ3v) is 6.47. The second-order valence-corrected chi connectivity index (χ2v) is 8.63. The molecule has 2 N–H and O–H groups in total. The van der Waals surface area contributed by atoms with Gasteiger partial charge in [0.25, 0.3) is 0 Å². The fourth-order valence-electron chi connectivity index (χ4n) is 4.74. The molecule has 1 saturated heterocycles. The first-order valence-electron chi connectivity index (χ1n) is 10.7. The first kappa shape index (κ1) is 22.6. The molecule has 32 heavy (non-hydrogen) atoms. The van der Waals surface area contributed by atoms with Crippen LogP contribution in [0, 0.1) is 11.7 Å². The van der Waals surface area contributed by atoms with Gasteiger partial charge in [-0.05, 0) is 44.7 Å². The third kappa shape index (κ3) is 3.85. The number of rotatable bonds is 6. The first-order chi connectivity index (χ1) is 15.0. The predicted molar refractivity (Wildman–Crippen MR) is 112 cm³/mol. The molecule has 0 bridgehead atoms. The number of aromatic carboxylic acids is 1. The molecule has 0 radical (unpaired) electrons. The Morgan fingerprint density at radius 1 is 1.31 bits per heavy atom. The molecule has 2 fully saturated rings. The van der Waals surface area contributed by atoms with E-state index in [9.17, 15) is 27.9 Å². The number of pyridine rings is 1. The van der Waals surface area contributed by atoms with Gasteiger partial charge in [-0.3, -0.25) is 4.79 Å². The Morgan fingerprint density at radius 2 is 2.00 bits per heavy atom. The lowest BCUT2D eigenvalue weighted by Crippen LogP contribution is -2.35. The van der Waals surface area contributed by atoms with Crippen molar-refractivity contribution in [3.05, 3.63) is 39.4 Å². The third-order valence-electron chi connectivity index (χ3n) is 6.47. The van der Waals surface area contributed by atoms with Gasteiger partial charge in [0.05, 0.1) is 16.6 Å². The Hall–Kier alpha value is -2.62. The van der Waals surface area contributed by atoms with Gasteiger partial charge in [0.1, 0.15) is 16.9 Å². The van der Waals surface area contributed by atoms with Gasteiger partial charge in [-0.1, -0.05) is 6.92 Å². The highest BCUT2D eigenvalue weighted by atomic mass is 19.4. The van der Waals surface area contributed by atoms with Crippen LogP contribution in [0.1, 0.15) is 55.1 Å². The Morgan fingerprint density at radius 3 is 2.56 bits per heavy atom. The van der Waals surface area contributed by atoms with E-state index in [1.165, 1.54) is 9.47 Å². The summed E-state index contributed by atoms with van der Waals surface area (Å²) in [5.41, 5.74) is -3.97. The van der Waals surface area contributed by atoms with Gasteiger partial charge in [-0.25, -0.2) is 9.18 Å². The topological polar surface area (TPSA) is 74.6 Å². The number of carboxylic acids is 1. The number of hydrogen-bond donors (Lipinski definition) is 2. The molecule has 1 aromatic carbocycles. The lowest BCUT2D eigenvalue weighted by atomic mass is 10.0. The van der Waals surface area contributed by atoms with Gasteiger partial charge in [-0.15, -0.1) is 0 Å². The van der Waals surface area contributed by atoms with Gasteiger partial charge in [0.2, 0.25) is 5.43 Å². The molecule has 174 valence electrons. The summed E-state index contributed by atoms with van der Waals surface area (Å²) in [6.07, 6.45) is -2.23. The molecular weight excluding hydrogens is 430 g/mol. The molecule has 2 aliphatic rings. The number of alkyl halides is 3. The summed E-state index contributed by atoms with van der Waals surface area (Å²) in [7, 11) is 0. The van der Waals surface area contributed by atoms with E-state index in [2.05, 4.69) is 5.32 Å². The number of benzene rings is 1. The molecule has 1 aromatic heterocycles.